The molecule has 294 valence electrons. The number of ether oxygens (including phenoxy) is 1. The summed E-state index contributed by atoms with van der Waals surface area (Å²) >= 11 is 0. The molecule has 0 aliphatic heterocycles. The minimum Gasteiger partial charge on any atom is -0.445 e. The van der Waals surface area contributed by atoms with Gasteiger partial charge in [0.1, 0.15) is 6.10 Å². The molecule has 0 radical (unpaired) electrons. The van der Waals surface area contributed by atoms with Crippen LogP contribution in [0.4, 0.5) is 4.79 Å². The number of nitrogens with two attached hydrogens (primary N) is 1. The summed E-state index contributed by atoms with van der Waals surface area (Å²) in [4.78, 5) is 25.1. The van der Waals surface area contributed by atoms with Crippen molar-refractivity contribution < 1.29 is 23.2 Å². The predicted molar refractivity (Wildman–Crippen MR) is 223 cm³/mol. The second kappa shape index (κ2) is 20.1. The Labute approximate surface area is 316 Å². The Hall–Kier alpha value is -1.75. The molecular weight excluding hydrogens is 667 g/mol. The van der Waals surface area contributed by atoms with Crippen molar-refractivity contribution in [3.63, 3.8) is 0 Å². The Balaban J connectivity index is 3.47. The fourth-order valence-electron chi connectivity index (χ4n) is 7.02. The first kappa shape index (κ1) is 47.3. The minimum absolute atomic E-state index is 0.00886. The van der Waals surface area contributed by atoms with Crippen molar-refractivity contribution in [3.05, 3.63) is 48.6 Å². The molecule has 1 aliphatic carbocycles. The Morgan fingerprint density at radius 2 is 1.29 bits per heavy atom. The average molecular weight is 746 g/mol. The Bertz CT molecular complexity index is 1200. The third kappa shape index (κ3) is 15.3. The number of primary amides is 1. The fourth-order valence-corrected chi connectivity index (χ4v) is 9.96. The van der Waals surface area contributed by atoms with Crippen molar-refractivity contribution >= 4 is 28.5 Å². The summed E-state index contributed by atoms with van der Waals surface area (Å²) in [5, 5.41) is 0.0703. The van der Waals surface area contributed by atoms with E-state index in [1.54, 1.807) is 6.08 Å². The maximum absolute atomic E-state index is 12.9. The van der Waals surface area contributed by atoms with Crippen LogP contribution in [-0.2, 0) is 18.4 Å². The number of hydrogen-bond acceptors (Lipinski definition) is 5. The number of hydrogen-bond donors (Lipinski definition) is 1. The second-order valence-electron chi connectivity index (χ2n) is 19.0. The second-order valence-corrected chi connectivity index (χ2v) is 28.5. The van der Waals surface area contributed by atoms with E-state index < -0.39 is 28.8 Å². The van der Waals surface area contributed by atoms with Crippen molar-refractivity contribution in [1.82, 2.24) is 0 Å². The van der Waals surface area contributed by atoms with Gasteiger partial charge in [0, 0.05) is 18.3 Å². The van der Waals surface area contributed by atoms with Crippen LogP contribution in [0.25, 0.3) is 0 Å². The van der Waals surface area contributed by atoms with Gasteiger partial charge in [-0.15, -0.1) is 0 Å². The summed E-state index contributed by atoms with van der Waals surface area (Å²) in [6, 6.07) is 0. The molecule has 8 atom stereocenters. The van der Waals surface area contributed by atoms with Crippen LogP contribution in [0.15, 0.2) is 48.6 Å². The molecule has 0 spiro atoms. The summed E-state index contributed by atoms with van der Waals surface area (Å²) < 4.78 is 20.2. The monoisotopic (exact) mass is 746 g/mol. The lowest BCUT2D eigenvalue weighted by Gasteiger charge is -2.45. The van der Waals surface area contributed by atoms with Crippen molar-refractivity contribution in [2.75, 3.05) is 0 Å². The van der Waals surface area contributed by atoms with Crippen molar-refractivity contribution in [3.8, 4) is 0 Å². The molecule has 1 aliphatic rings. The number of carbonyl (C=O) groups excluding carboxylic acids is 2. The van der Waals surface area contributed by atoms with Gasteiger partial charge in [-0.05, 0) is 79.4 Å². The molecule has 6 nitrogen and oxygen atoms in total. The van der Waals surface area contributed by atoms with Crippen LogP contribution in [0.1, 0.15) is 122 Å². The highest BCUT2D eigenvalue weighted by Gasteiger charge is 2.44. The lowest BCUT2D eigenvalue weighted by atomic mass is 9.81. The van der Waals surface area contributed by atoms with Crippen LogP contribution in [0, 0.1) is 35.5 Å². The molecule has 51 heavy (non-hydrogen) atoms. The van der Waals surface area contributed by atoms with E-state index in [2.05, 4.69) is 121 Å². The molecule has 8 heteroatoms. The number of rotatable bonds is 20. The molecule has 1 saturated carbocycles. The fraction of sp³-hybridized carbons (Fsp3) is 0.767. The van der Waals surface area contributed by atoms with E-state index in [1.165, 1.54) is 31.3 Å². The van der Waals surface area contributed by atoms with E-state index in [1.807, 2.05) is 25.2 Å². The predicted octanol–water partition coefficient (Wildman–Crippen LogP) is 12.2. The number of ketones is 1. The van der Waals surface area contributed by atoms with Crippen LogP contribution in [-0.4, -0.2) is 46.8 Å². The maximum atomic E-state index is 12.9. The lowest BCUT2D eigenvalue weighted by molar-refractivity contribution is -0.115. The van der Waals surface area contributed by atoms with Gasteiger partial charge in [0.15, 0.2) is 22.4 Å². The van der Waals surface area contributed by atoms with E-state index in [0.717, 1.165) is 6.42 Å². The van der Waals surface area contributed by atoms with Crippen LogP contribution >= 0.6 is 0 Å². The standard InChI is InChI=1S/C43H79NO5Si2/c1-18-19-22-31(3)39(47-41(44)46)35(7)40(49-51(16,17)43(11,12)13)34(6)28-30(2)27-33(5)38(48-50(14,15)42(8,9)10)32(4)25-26-37(45)29-36-23-20-21-24-36/h18-19,22,25-27,31-36,38-40H,1,20-21,23-24,28-29H2,2-17H3,(H2,44,46)/b22-19-,26-25-,30-27-/t31?,32-,33-,34-,35?,38-,39?,40?/m0/s1. The zero-order chi connectivity index (χ0) is 39.5. The molecule has 0 saturated heterocycles. The summed E-state index contributed by atoms with van der Waals surface area (Å²) in [5.74, 6) is 0.934. The van der Waals surface area contributed by atoms with Gasteiger partial charge in [-0.1, -0.05) is 144 Å². The summed E-state index contributed by atoms with van der Waals surface area (Å²) in [6.45, 7) is 39.7. The number of allylic oxidation sites excluding steroid dienone is 4. The number of carbonyl (C=O) groups is 2. The van der Waals surface area contributed by atoms with E-state index in [4.69, 9.17) is 19.3 Å². The topological polar surface area (TPSA) is 87.8 Å². The third-order valence-corrected chi connectivity index (χ3v) is 21.1. The summed E-state index contributed by atoms with van der Waals surface area (Å²) in [6.07, 6.45) is 16.8. The highest BCUT2D eigenvalue weighted by atomic mass is 28.4. The van der Waals surface area contributed by atoms with Crippen molar-refractivity contribution in [2.24, 2.45) is 41.2 Å². The molecule has 1 amide bonds. The first-order valence-electron chi connectivity index (χ1n) is 19.7. The van der Waals surface area contributed by atoms with Gasteiger partial charge in [0.05, 0.1) is 12.2 Å². The highest BCUT2D eigenvalue weighted by molar-refractivity contribution is 6.74. The van der Waals surface area contributed by atoms with Gasteiger partial charge in [-0.2, -0.15) is 0 Å². The molecule has 0 aromatic heterocycles. The normalized spacial score (nSPS) is 20.5. The molecular formula is C43H79NO5Si2. The van der Waals surface area contributed by atoms with E-state index in [0.29, 0.717) is 12.3 Å². The van der Waals surface area contributed by atoms with Gasteiger partial charge < -0.3 is 19.3 Å². The SMILES string of the molecule is C=C/C=C\C(C)C(OC(N)=O)C(C)C(O[Si](C)(C)C(C)(C)C)[C@@H](C)C/C(C)=C\[C@H](C)[C@@H](O[Si](C)(C)C(C)(C)C)[C@@H](C)/C=C\C(=O)CC1CCCC1. The summed E-state index contributed by atoms with van der Waals surface area (Å²) in [5.41, 5.74) is 6.90. The highest BCUT2D eigenvalue weighted by Crippen LogP contribution is 2.42. The van der Waals surface area contributed by atoms with Crippen LogP contribution in [0.2, 0.25) is 36.3 Å². The largest absolute Gasteiger partial charge is 0.445 e. The van der Waals surface area contributed by atoms with Crippen LogP contribution < -0.4 is 5.73 Å². The Morgan fingerprint density at radius 3 is 1.76 bits per heavy atom. The van der Waals surface area contributed by atoms with Gasteiger partial charge in [-0.3, -0.25) is 4.79 Å². The number of amides is 1. The zero-order valence-electron chi connectivity index (χ0n) is 35.7. The Kier molecular flexibility index (Phi) is 18.6. The first-order chi connectivity index (χ1) is 23.2. The molecule has 1 fully saturated rings. The molecule has 0 aromatic carbocycles. The molecule has 4 unspecified atom stereocenters. The molecule has 0 bridgehead atoms. The zero-order valence-corrected chi connectivity index (χ0v) is 37.7. The quantitative estimate of drug-likeness (QED) is 0.0580. The van der Waals surface area contributed by atoms with E-state index >= 15 is 0 Å². The van der Waals surface area contributed by atoms with Gasteiger partial charge in [-0.25, -0.2) is 4.79 Å². The summed E-state index contributed by atoms with van der Waals surface area (Å²) in [7, 11) is -4.32. The van der Waals surface area contributed by atoms with Crippen molar-refractivity contribution in [1.29, 1.82) is 0 Å². The maximum Gasteiger partial charge on any atom is 0.404 e. The van der Waals surface area contributed by atoms with Crippen molar-refractivity contribution in [2.45, 2.75) is 176 Å². The first-order valence-corrected chi connectivity index (χ1v) is 25.5. The average Bonchev–Trinajstić information content (AvgIpc) is 3.50. The van der Waals surface area contributed by atoms with Crippen LogP contribution in [0.3, 0.4) is 0 Å². The minimum atomic E-state index is -2.21. The third-order valence-electron chi connectivity index (χ3n) is 12.2. The molecule has 1 rings (SSSR count). The van der Waals surface area contributed by atoms with Gasteiger partial charge in [0.2, 0.25) is 0 Å². The Morgan fingerprint density at radius 1 is 0.804 bits per heavy atom. The molecule has 0 aromatic rings. The molecule has 0 heterocycles. The van der Waals surface area contributed by atoms with Gasteiger partial charge in [0.25, 0.3) is 0 Å². The van der Waals surface area contributed by atoms with Crippen LogP contribution in [0.5, 0.6) is 0 Å². The van der Waals surface area contributed by atoms with E-state index in [-0.39, 0.29) is 57.7 Å². The van der Waals surface area contributed by atoms with Gasteiger partial charge >= 0.3 is 6.09 Å². The molecule has 2 N–H and O–H groups in total. The van der Waals surface area contributed by atoms with E-state index in [9.17, 15) is 9.59 Å². The lowest BCUT2D eigenvalue weighted by Crippen LogP contribution is -2.50. The smallest absolute Gasteiger partial charge is 0.404 e.